The quantitative estimate of drug-likeness (QED) is 0.329. The van der Waals surface area contributed by atoms with Gasteiger partial charge in [0.1, 0.15) is 0 Å². The van der Waals surface area contributed by atoms with Gasteiger partial charge in [-0.25, -0.2) is 0 Å². The summed E-state index contributed by atoms with van der Waals surface area (Å²) >= 11 is 0. The zero-order valence-corrected chi connectivity index (χ0v) is 16.3. The highest BCUT2D eigenvalue weighted by Crippen LogP contribution is 2.21. The van der Waals surface area contributed by atoms with Crippen LogP contribution in [0.15, 0.2) is 11.2 Å². The van der Waals surface area contributed by atoms with E-state index < -0.39 is 0 Å². The van der Waals surface area contributed by atoms with Crippen LogP contribution in [0.2, 0.25) is 0 Å². The lowest BCUT2D eigenvalue weighted by Gasteiger charge is -2.24. The van der Waals surface area contributed by atoms with Crippen LogP contribution < -0.4 is 10.6 Å². The Bertz CT molecular complexity index is 486. The van der Waals surface area contributed by atoms with Crippen molar-refractivity contribution in [2.75, 3.05) is 27.3 Å². The summed E-state index contributed by atoms with van der Waals surface area (Å²) in [7, 11) is 3.50. The van der Waals surface area contributed by atoms with Crippen molar-refractivity contribution >= 4 is 29.9 Å². The Morgan fingerprint density at radius 3 is 2.95 bits per heavy atom. The number of nitrogens with zero attached hydrogens (tertiary/aromatic N) is 3. The van der Waals surface area contributed by atoms with E-state index in [1.807, 2.05) is 0 Å². The summed E-state index contributed by atoms with van der Waals surface area (Å²) in [6.45, 7) is 5.76. The number of halogens is 1. The van der Waals surface area contributed by atoms with Crippen LogP contribution in [-0.2, 0) is 17.6 Å². The fourth-order valence-corrected chi connectivity index (χ4v) is 2.56. The predicted octanol–water partition coefficient (Wildman–Crippen LogP) is 1.75. The molecule has 1 heterocycles. The average molecular weight is 421 g/mol. The SMILES string of the molecule is CN=C(NCCOC)NC1CCc2cn(C(C)C)nc2C1.I. The maximum atomic E-state index is 5.04. The van der Waals surface area contributed by atoms with Gasteiger partial charge in [-0.3, -0.25) is 9.67 Å². The molecule has 0 amide bonds. The molecular formula is C15H28IN5O. The van der Waals surface area contributed by atoms with Gasteiger partial charge in [-0.15, -0.1) is 24.0 Å². The molecule has 7 heteroatoms. The van der Waals surface area contributed by atoms with Gasteiger partial charge in [0.25, 0.3) is 0 Å². The van der Waals surface area contributed by atoms with Crippen LogP contribution in [0.4, 0.5) is 0 Å². The Kier molecular flexibility index (Phi) is 8.16. The first-order valence-corrected chi connectivity index (χ1v) is 7.67. The first kappa shape index (κ1) is 19.2. The summed E-state index contributed by atoms with van der Waals surface area (Å²) in [5, 5.41) is 11.4. The van der Waals surface area contributed by atoms with Gasteiger partial charge in [-0.1, -0.05) is 0 Å². The Labute approximate surface area is 150 Å². The second-order valence-electron chi connectivity index (χ2n) is 5.75. The van der Waals surface area contributed by atoms with E-state index >= 15 is 0 Å². The average Bonchev–Trinajstić information content (AvgIpc) is 2.90. The molecule has 0 fully saturated rings. The lowest BCUT2D eigenvalue weighted by atomic mass is 9.94. The van der Waals surface area contributed by atoms with Crippen LogP contribution in [0.1, 0.15) is 37.6 Å². The van der Waals surface area contributed by atoms with Crippen LogP contribution >= 0.6 is 24.0 Å². The normalized spacial score (nSPS) is 17.9. The molecule has 2 N–H and O–H groups in total. The first-order chi connectivity index (χ1) is 10.1. The molecule has 0 saturated heterocycles. The third-order valence-corrected chi connectivity index (χ3v) is 3.79. The monoisotopic (exact) mass is 421 g/mol. The van der Waals surface area contributed by atoms with Crippen molar-refractivity contribution in [3.05, 3.63) is 17.5 Å². The van der Waals surface area contributed by atoms with Crippen molar-refractivity contribution in [2.45, 2.75) is 45.2 Å². The van der Waals surface area contributed by atoms with Gasteiger partial charge in [-0.2, -0.15) is 5.10 Å². The Hall–Kier alpha value is -0.830. The Balaban J connectivity index is 0.00000242. The van der Waals surface area contributed by atoms with Crippen LogP contribution in [0, 0.1) is 0 Å². The van der Waals surface area contributed by atoms with Crippen LogP contribution in [-0.4, -0.2) is 49.1 Å². The lowest BCUT2D eigenvalue weighted by Crippen LogP contribution is -2.46. The van der Waals surface area contributed by atoms with Gasteiger partial charge in [-0.05, 0) is 32.3 Å². The molecule has 126 valence electrons. The summed E-state index contributed by atoms with van der Waals surface area (Å²) in [5.74, 6) is 0.837. The largest absolute Gasteiger partial charge is 0.383 e. The van der Waals surface area contributed by atoms with Crippen LogP contribution in [0.5, 0.6) is 0 Å². The maximum Gasteiger partial charge on any atom is 0.191 e. The molecule has 1 aromatic rings. The minimum absolute atomic E-state index is 0. The molecule has 0 saturated carbocycles. The number of methoxy groups -OCH3 is 1. The number of aryl methyl sites for hydroxylation is 1. The summed E-state index contributed by atoms with van der Waals surface area (Å²) < 4.78 is 7.11. The van der Waals surface area contributed by atoms with Gasteiger partial charge in [0.05, 0.1) is 12.3 Å². The fourth-order valence-electron chi connectivity index (χ4n) is 2.56. The van der Waals surface area contributed by atoms with Crippen molar-refractivity contribution in [3.8, 4) is 0 Å². The molecule has 0 bridgehead atoms. The lowest BCUT2D eigenvalue weighted by molar-refractivity contribution is 0.203. The second kappa shape index (κ2) is 9.34. The number of hydrogen-bond donors (Lipinski definition) is 2. The summed E-state index contributed by atoms with van der Waals surface area (Å²) in [6, 6.07) is 0.812. The fraction of sp³-hybridized carbons (Fsp3) is 0.733. The van der Waals surface area contributed by atoms with Crippen LogP contribution in [0.3, 0.4) is 0 Å². The number of rotatable bonds is 5. The third kappa shape index (κ3) is 5.12. The van der Waals surface area contributed by atoms with E-state index in [4.69, 9.17) is 9.84 Å². The minimum atomic E-state index is 0. The molecule has 0 spiro atoms. The van der Waals surface area contributed by atoms with E-state index in [1.54, 1.807) is 14.2 Å². The molecule has 1 aliphatic rings. The highest BCUT2D eigenvalue weighted by atomic mass is 127. The number of guanidine groups is 1. The van der Waals surface area contributed by atoms with E-state index in [-0.39, 0.29) is 24.0 Å². The minimum Gasteiger partial charge on any atom is -0.383 e. The number of fused-ring (bicyclic) bond motifs is 1. The highest BCUT2D eigenvalue weighted by Gasteiger charge is 2.22. The molecular weight excluding hydrogens is 393 g/mol. The van der Waals surface area contributed by atoms with E-state index in [2.05, 4.69) is 40.4 Å². The standard InChI is InChI=1S/C15H27N5O.HI/c1-11(2)20-10-12-5-6-13(9-14(12)19-20)18-15(16-3)17-7-8-21-4;/h10-11,13H,5-9H2,1-4H3,(H2,16,17,18);1H. The van der Waals surface area contributed by atoms with Crippen molar-refractivity contribution < 1.29 is 4.74 Å². The molecule has 1 aliphatic carbocycles. The predicted molar refractivity (Wildman–Crippen MR) is 100 cm³/mol. The number of hydrogen-bond acceptors (Lipinski definition) is 3. The molecule has 2 rings (SSSR count). The summed E-state index contributed by atoms with van der Waals surface area (Å²) in [4.78, 5) is 4.26. The number of aromatic nitrogens is 2. The number of nitrogens with one attached hydrogen (secondary N) is 2. The molecule has 1 aromatic heterocycles. The van der Waals surface area contributed by atoms with E-state index in [0.29, 0.717) is 18.7 Å². The third-order valence-electron chi connectivity index (χ3n) is 3.79. The highest BCUT2D eigenvalue weighted by molar-refractivity contribution is 14.0. The second-order valence-corrected chi connectivity index (χ2v) is 5.75. The van der Waals surface area contributed by atoms with E-state index in [9.17, 15) is 0 Å². The molecule has 0 aliphatic heterocycles. The smallest absolute Gasteiger partial charge is 0.191 e. The number of ether oxygens (including phenoxy) is 1. The molecule has 0 aromatic carbocycles. The van der Waals surface area contributed by atoms with E-state index in [1.165, 1.54) is 11.3 Å². The van der Waals surface area contributed by atoms with E-state index in [0.717, 1.165) is 31.8 Å². The zero-order valence-electron chi connectivity index (χ0n) is 13.9. The summed E-state index contributed by atoms with van der Waals surface area (Å²) in [5.41, 5.74) is 2.61. The van der Waals surface area contributed by atoms with Gasteiger partial charge in [0.15, 0.2) is 5.96 Å². The maximum absolute atomic E-state index is 5.04. The molecule has 6 nitrogen and oxygen atoms in total. The van der Waals surface area contributed by atoms with Crippen molar-refractivity contribution in [1.29, 1.82) is 0 Å². The molecule has 0 radical (unpaired) electrons. The van der Waals surface area contributed by atoms with Gasteiger partial charge >= 0.3 is 0 Å². The van der Waals surface area contributed by atoms with Crippen molar-refractivity contribution in [3.63, 3.8) is 0 Å². The van der Waals surface area contributed by atoms with Gasteiger partial charge < -0.3 is 15.4 Å². The molecule has 1 unspecified atom stereocenters. The van der Waals surface area contributed by atoms with Crippen LogP contribution in [0.25, 0.3) is 0 Å². The number of aliphatic imine (C=N–C) groups is 1. The molecule has 22 heavy (non-hydrogen) atoms. The topological polar surface area (TPSA) is 63.5 Å². The first-order valence-electron chi connectivity index (χ1n) is 7.67. The summed E-state index contributed by atoms with van der Waals surface area (Å²) in [6.07, 6.45) is 5.35. The van der Waals surface area contributed by atoms with Gasteiger partial charge in [0, 0.05) is 45.4 Å². The van der Waals surface area contributed by atoms with Gasteiger partial charge in [0.2, 0.25) is 0 Å². The zero-order chi connectivity index (χ0) is 15.2. The Morgan fingerprint density at radius 1 is 1.55 bits per heavy atom. The Morgan fingerprint density at radius 2 is 2.32 bits per heavy atom. The molecule has 1 atom stereocenters. The van der Waals surface area contributed by atoms with Crippen molar-refractivity contribution in [1.82, 2.24) is 20.4 Å². The van der Waals surface area contributed by atoms with Crippen molar-refractivity contribution in [2.24, 2.45) is 4.99 Å².